The minimum Gasteiger partial charge on any atom is -0.497 e. The summed E-state index contributed by atoms with van der Waals surface area (Å²) in [4.78, 5) is 23.4. The molecule has 0 aromatic heterocycles. The van der Waals surface area contributed by atoms with Crippen LogP contribution in [0, 0.1) is 0 Å². The second-order valence-electron chi connectivity index (χ2n) is 4.46. The lowest BCUT2D eigenvalue weighted by Gasteiger charge is -2.05. The molecule has 0 saturated carbocycles. The summed E-state index contributed by atoms with van der Waals surface area (Å²) in [5.41, 5.74) is 0.654. The lowest BCUT2D eigenvalue weighted by Crippen LogP contribution is -2.30. The molecule has 0 radical (unpaired) electrons. The van der Waals surface area contributed by atoms with E-state index in [9.17, 15) is 9.59 Å². The van der Waals surface area contributed by atoms with Crippen molar-refractivity contribution in [2.24, 2.45) is 0 Å². The fourth-order valence-corrected chi connectivity index (χ4v) is 1.75. The van der Waals surface area contributed by atoms with Crippen LogP contribution in [0.1, 0.15) is 29.6 Å². The third-order valence-electron chi connectivity index (χ3n) is 2.92. The zero-order valence-corrected chi connectivity index (χ0v) is 12.1. The van der Waals surface area contributed by atoms with E-state index in [-0.39, 0.29) is 11.7 Å². The molecule has 1 aromatic rings. The topological polar surface area (TPSA) is 67.4 Å². The second kappa shape index (κ2) is 9.09. The molecular weight excluding hydrogens is 256 g/mol. The molecule has 5 nitrogen and oxygen atoms in total. The third kappa shape index (κ3) is 5.84. The van der Waals surface area contributed by atoms with Gasteiger partial charge in [0.25, 0.3) is 0 Å². The van der Waals surface area contributed by atoms with Gasteiger partial charge in [0, 0.05) is 31.5 Å². The largest absolute Gasteiger partial charge is 0.497 e. The molecular formula is C15H22N2O3. The molecule has 0 bridgehead atoms. The Hall–Kier alpha value is -1.88. The average molecular weight is 278 g/mol. The first-order chi connectivity index (χ1) is 9.67. The highest BCUT2D eigenvalue weighted by Gasteiger charge is 2.07. The number of ether oxygens (including phenoxy) is 1. The van der Waals surface area contributed by atoms with Crippen molar-refractivity contribution in [2.75, 3.05) is 27.2 Å². The molecule has 1 rings (SSSR count). The van der Waals surface area contributed by atoms with E-state index in [4.69, 9.17) is 4.74 Å². The van der Waals surface area contributed by atoms with Gasteiger partial charge in [0.15, 0.2) is 5.78 Å². The van der Waals surface area contributed by atoms with Gasteiger partial charge >= 0.3 is 0 Å². The summed E-state index contributed by atoms with van der Waals surface area (Å²) >= 11 is 0. The van der Waals surface area contributed by atoms with Gasteiger partial charge in [-0.1, -0.05) is 0 Å². The van der Waals surface area contributed by atoms with Crippen LogP contribution >= 0.6 is 0 Å². The number of Topliss-reactive ketones (excluding diaryl/α,β-unsaturated/α-hetero) is 1. The first-order valence-electron chi connectivity index (χ1n) is 6.76. The van der Waals surface area contributed by atoms with Crippen molar-refractivity contribution in [1.82, 2.24) is 10.6 Å². The maximum Gasteiger partial charge on any atom is 0.220 e. The number of nitrogens with one attached hydrogen (secondary N) is 2. The number of rotatable bonds is 9. The minimum absolute atomic E-state index is 0.0113. The maximum atomic E-state index is 11.9. The SMILES string of the molecule is CNCCNC(=O)CCCC(=O)c1ccc(OC)cc1. The zero-order chi connectivity index (χ0) is 14.8. The van der Waals surface area contributed by atoms with Crippen molar-refractivity contribution in [3.05, 3.63) is 29.8 Å². The first kappa shape index (κ1) is 16.2. The number of methoxy groups -OCH3 is 1. The molecule has 0 saturated heterocycles. The standard InChI is InChI=1S/C15H22N2O3/c1-16-10-11-17-15(19)5-3-4-14(18)12-6-8-13(20-2)9-7-12/h6-9,16H,3-5,10-11H2,1-2H3,(H,17,19). The summed E-state index contributed by atoms with van der Waals surface area (Å²) in [7, 11) is 3.42. The Labute approximate surface area is 119 Å². The Balaban J connectivity index is 2.27. The van der Waals surface area contributed by atoms with Crippen LogP contribution < -0.4 is 15.4 Å². The average Bonchev–Trinajstić information content (AvgIpc) is 2.47. The smallest absolute Gasteiger partial charge is 0.220 e. The Morgan fingerprint density at radius 3 is 2.40 bits per heavy atom. The number of amides is 1. The monoisotopic (exact) mass is 278 g/mol. The number of ketones is 1. The molecule has 1 amide bonds. The summed E-state index contributed by atoms with van der Waals surface area (Å²) in [6.07, 6.45) is 1.33. The van der Waals surface area contributed by atoms with Gasteiger partial charge in [-0.05, 0) is 37.7 Å². The maximum absolute atomic E-state index is 11.9. The van der Waals surface area contributed by atoms with Crippen molar-refractivity contribution < 1.29 is 14.3 Å². The summed E-state index contributed by atoms with van der Waals surface area (Å²) in [5, 5.41) is 5.73. The summed E-state index contributed by atoms with van der Waals surface area (Å²) in [6.45, 7) is 1.36. The van der Waals surface area contributed by atoms with E-state index < -0.39 is 0 Å². The summed E-state index contributed by atoms with van der Waals surface area (Å²) in [6, 6.07) is 7.01. The van der Waals surface area contributed by atoms with E-state index >= 15 is 0 Å². The fourth-order valence-electron chi connectivity index (χ4n) is 1.75. The highest BCUT2D eigenvalue weighted by atomic mass is 16.5. The van der Waals surface area contributed by atoms with Crippen LogP contribution in [0.3, 0.4) is 0 Å². The Morgan fingerprint density at radius 1 is 1.10 bits per heavy atom. The lowest BCUT2D eigenvalue weighted by atomic mass is 10.1. The van der Waals surface area contributed by atoms with Crippen LogP contribution in [0.5, 0.6) is 5.75 Å². The van der Waals surface area contributed by atoms with Gasteiger partial charge in [0.2, 0.25) is 5.91 Å². The highest BCUT2D eigenvalue weighted by molar-refractivity contribution is 5.96. The number of benzene rings is 1. The summed E-state index contributed by atoms with van der Waals surface area (Å²) in [5.74, 6) is 0.768. The van der Waals surface area contributed by atoms with Crippen molar-refractivity contribution in [2.45, 2.75) is 19.3 Å². The molecule has 0 heterocycles. The van der Waals surface area contributed by atoms with Crippen LogP contribution in [0.15, 0.2) is 24.3 Å². The molecule has 0 atom stereocenters. The Bertz CT molecular complexity index is 429. The molecule has 0 aliphatic rings. The molecule has 2 N–H and O–H groups in total. The third-order valence-corrected chi connectivity index (χ3v) is 2.92. The molecule has 0 fully saturated rings. The fraction of sp³-hybridized carbons (Fsp3) is 0.467. The predicted octanol–water partition coefficient (Wildman–Crippen LogP) is 1.38. The van der Waals surface area contributed by atoms with Crippen molar-refractivity contribution >= 4 is 11.7 Å². The van der Waals surface area contributed by atoms with Crippen LogP contribution in [0.4, 0.5) is 0 Å². The Kier molecular flexibility index (Phi) is 7.35. The van der Waals surface area contributed by atoms with E-state index in [1.165, 1.54) is 0 Å². The molecule has 0 unspecified atom stereocenters. The molecule has 110 valence electrons. The van der Waals surface area contributed by atoms with Crippen LogP contribution in [-0.4, -0.2) is 38.9 Å². The quantitative estimate of drug-likeness (QED) is 0.529. The number of carbonyl (C=O) groups excluding carboxylic acids is 2. The predicted molar refractivity (Wildman–Crippen MR) is 78.1 cm³/mol. The van der Waals surface area contributed by atoms with E-state index in [1.54, 1.807) is 31.4 Å². The highest BCUT2D eigenvalue weighted by Crippen LogP contribution is 2.13. The van der Waals surface area contributed by atoms with E-state index in [1.807, 2.05) is 7.05 Å². The molecule has 20 heavy (non-hydrogen) atoms. The van der Waals surface area contributed by atoms with Crippen LogP contribution in [-0.2, 0) is 4.79 Å². The van der Waals surface area contributed by atoms with Crippen LogP contribution in [0.25, 0.3) is 0 Å². The minimum atomic E-state index is -0.0113. The summed E-state index contributed by atoms with van der Waals surface area (Å²) < 4.78 is 5.04. The van der Waals surface area contributed by atoms with Gasteiger partial charge in [0.1, 0.15) is 5.75 Å². The van der Waals surface area contributed by atoms with E-state index in [2.05, 4.69) is 10.6 Å². The van der Waals surface area contributed by atoms with Crippen molar-refractivity contribution in [1.29, 1.82) is 0 Å². The zero-order valence-electron chi connectivity index (χ0n) is 12.1. The first-order valence-corrected chi connectivity index (χ1v) is 6.76. The Morgan fingerprint density at radius 2 is 1.80 bits per heavy atom. The lowest BCUT2D eigenvalue weighted by molar-refractivity contribution is -0.121. The van der Waals surface area contributed by atoms with Crippen LogP contribution in [0.2, 0.25) is 0 Å². The number of likely N-dealkylation sites (N-methyl/N-ethyl adjacent to an activating group) is 1. The van der Waals surface area contributed by atoms with Gasteiger partial charge in [-0.15, -0.1) is 0 Å². The van der Waals surface area contributed by atoms with E-state index in [0.29, 0.717) is 31.4 Å². The van der Waals surface area contributed by atoms with Gasteiger partial charge in [-0.3, -0.25) is 9.59 Å². The van der Waals surface area contributed by atoms with Crippen molar-refractivity contribution in [3.8, 4) is 5.75 Å². The molecule has 5 heteroatoms. The van der Waals surface area contributed by atoms with Crippen molar-refractivity contribution in [3.63, 3.8) is 0 Å². The molecule has 0 spiro atoms. The van der Waals surface area contributed by atoms with Gasteiger partial charge in [0.05, 0.1) is 7.11 Å². The van der Waals surface area contributed by atoms with Gasteiger partial charge in [-0.25, -0.2) is 0 Å². The van der Waals surface area contributed by atoms with E-state index in [0.717, 1.165) is 12.3 Å². The number of hydrogen-bond donors (Lipinski definition) is 2. The second-order valence-corrected chi connectivity index (χ2v) is 4.46. The van der Waals surface area contributed by atoms with Gasteiger partial charge in [-0.2, -0.15) is 0 Å². The normalized spacial score (nSPS) is 10.1. The molecule has 1 aromatic carbocycles. The molecule has 0 aliphatic carbocycles. The molecule has 0 aliphatic heterocycles. The number of carbonyl (C=O) groups is 2. The van der Waals surface area contributed by atoms with Gasteiger partial charge < -0.3 is 15.4 Å². The number of hydrogen-bond acceptors (Lipinski definition) is 4.